The van der Waals surface area contributed by atoms with E-state index in [1.807, 2.05) is 18.2 Å². The number of urea groups is 1. The molecule has 2 aliphatic rings. The second-order valence-electron chi connectivity index (χ2n) is 7.37. The van der Waals surface area contributed by atoms with Gasteiger partial charge < -0.3 is 15.2 Å². The number of hydrogen-bond acceptors (Lipinski definition) is 4. The predicted molar refractivity (Wildman–Crippen MR) is 97.7 cm³/mol. The van der Waals surface area contributed by atoms with E-state index in [0.29, 0.717) is 23.8 Å². The van der Waals surface area contributed by atoms with Crippen molar-refractivity contribution in [3.63, 3.8) is 0 Å². The van der Waals surface area contributed by atoms with Crippen LogP contribution in [0.25, 0.3) is 0 Å². The lowest BCUT2D eigenvalue weighted by Gasteiger charge is -2.33. The van der Waals surface area contributed by atoms with Gasteiger partial charge in [-0.3, -0.25) is 9.69 Å². The van der Waals surface area contributed by atoms with Crippen molar-refractivity contribution in [2.45, 2.75) is 50.9 Å². The molecule has 3 rings (SSSR count). The number of benzene rings is 1. The molecule has 7 heteroatoms. The fraction of sp³-hybridized carbons (Fsp3) is 0.579. The monoisotopic (exact) mass is 380 g/mol. The highest BCUT2D eigenvalue weighted by Crippen LogP contribution is 2.36. The van der Waals surface area contributed by atoms with Gasteiger partial charge in [-0.2, -0.15) is 0 Å². The molecule has 6 nitrogen and oxygen atoms in total. The standard InChI is InChI=1S/C19H25ClN2O4/c1-13-6-8-19(9-7-13)17(24)22(18(25)21-19)10-15(23)12-26-11-14-4-2-3-5-16(14)20/h2-5,13,15,23H,6-12H2,1H3,(H,21,25)/t13?,15-,19?/m1/s1. The van der Waals surface area contributed by atoms with Gasteiger partial charge in [0, 0.05) is 5.02 Å². The van der Waals surface area contributed by atoms with Crippen LogP contribution in [0.15, 0.2) is 24.3 Å². The molecule has 0 aromatic heterocycles. The van der Waals surface area contributed by atoms with Crippen molar-refractivity contribution in [3.05, 3.63) is 34.9 Å². The van der Waals surface area contributed by atoms with Crippen molar-refractivity contribution in [2.24, 2.45) is 5.92 Å². The molecule has 1 saturated heterocycles. The van der Waals surface area contributed by atoms with Gasteiger partial charge in [-0.15, -0.1) is 0 Å². The van der Waals surface area contributed by atoms with Crippen LogP contribution in [0.3, 0.4) is 0 Å². The quantitative estimate of drug-likeness (QED) is 0.744. The minimum Gasteiger partial charge on any atom is -0.389 e. The highest BCUT2D eigenvalue weighted by Gasteiger charge is 2.52. The molecule has 0 unspecified atom stereocenters. The topological polar surface area (TPSA) is 78.9 Å². The van der Waals surface area contributed by atoms with E-state index >= 15 is 0 Å². The van der Waals surface area contributed by atoms with Crippen molar-refractivity contribution in [1.82, 2.24) is 10.2 Å². The van der Waals surface area contributed by atoms with Crippen LogP contribution in [-0.2, 0) is 16.1 Å². The maximum atomic E-state index is 12.7. The number of β-amino-alcohol motifs (C(OH)–C–C–N with tert-alkyl or cyclic N) is 1. The number of amides is 3. The molecule has 1 atom stereocenters. The zero-order valence-electron chi connectivity index (χ0n) is 14.9. The van der Waals surface area contributed by atoms with Crippen LogP contribution in [0.1, 0.15) is 38.2 Å². The number of aliphatic hydroxyl groups is 1. The Morgan fingerprint density at radius 2 is 2.04 bits per heavy atom. The number of hydrogen-bond donors (Lipinski definition) is 2. The summed E-state index contributed by atoms with van der Waals surface area (Å²) in [7, 11) is 0. The van der Waals surface area contributed by atoms with Crippen molar-refractivity contribution in [2.75, 3.05) is 13.2 Å². The Labute approximate surface area is 158 Å². The average Bonchev–Trinajstić information content (AvgIpc) is 2.84. The van der Waals surface area contributed by atoms with Crippen molar-refractivity contribution in [3.8, 4) is 0 Å². The summed E-state index contributed by atoms with van der Waals surface area (Å²) in [5.74, 6) is 0.350. The highest BCUT2D eigenvalue weighted by molar-refractivity contribution is 6.31. The molecular formula is C19H25ClN2O4. The van der Waals surface area contributed by atoms with Crippen LogP contribution in [0, 0.1) is 5.92 Å². The van der Waals surface area contributed by atoms with E-state index in [1.54, 1.807) is 6.07 Å². The summed E-state index contributed by atoms with van der Waals surface area (Å²) in [5, 5.41) is 13.6. The molecular weight excluding hydrogens is 356 g/mol. The molecule has 3 amide bonds. The summed E-state index contributed by atoms with van der Waals surface area (Å²) in [4.78, 5) is 26.1. The van der Waals surface area contributed by atoms with E-state index < -0.39 is 17.7 Å². The van der Waals surface area contributed by atoms with Gasteiger partial charge in [0.15, 0.2) is 0 Å². The maximum Gasteiger partial charge on any atom is 0.325 e. The molecule has 1 spiro atoms. The van der Waals surface area contributed by atoms with Crippen LogP contribution < -0.4 is 5.32 Å². The molecule has 0 radical (unpaired) electrons. The molecule has 1 saturated carbocycles. The Balaban J connectivity index is 1.51. The van der Waals surface area contributed by atoms with Crippen LogP contribution in [0.5, 0.6) is 0 Å². The zero-order chi connectivity index (χ0) is 18.7. The SMILES string of the molecule is CC1CCC2(CC1)NC(=O)N(C[C@@H](O)COCc1ccccc1Cl)C2=O. The van der Waals surface area contributed by atoms with Crippen molar-refractivity contribution in [1.29, 1.82) is 0 Å². The molecule has 2 N–H and O–H groups in total. The van der Waals surface area contributed by atoms with Gasteiger partial charge in [-0.1, -0.05) is 36.7 Å². The van der Waals surface area contributed by atoms with Crippen LogP contribution in [0.4, 0.5) is 4.79 Å². The Kier molecular flexibility index (Phi) is 5.85. The Morgan fingerprint density at radius 3 is 2.73 bits per heavy atom. The van der Waals surface area contributed by atoms with Gasteiger partial charge >= 0.3 is 6.03 Å². The third-order valence-corrected chi connectivity index (χ3v) is 5.66. The van der Waals surface area contributed by atoms with Gasteiger partial charge in [-0.25, -0.2) is 4.79 Å². The second-order valence-corrected chi connectivity index (χ2v) is 7.78. The van der Waals surface area contributed by atoms with Gasteiger partial charge in [0.2, 0.25) is 0 Å². The van der Waals surface area contributed by atoms with Crippen molar-refractivity contribution >= 4 is 23.5 Å². The van der Waals surface area contributed by atoms with Crippen LogP contribution >= 0.6 is 11.6 Å². The van der Waals surface area contributed by atoms with E-state index in [2.05, 4.69) is 12.2 Å². The number of carbonyl (C=O) groups is 2. The predicted octanol–water partition coefficient (Wildman–Crippen LogP) is 2.72. The van der Waals surface area contributed by atoms with Crippen LogP contribution in [-0.4, -0.2) is 46.7 Å². The number of halogens is 1. The molecule has 142 valence electrons. The van der Waals surface area contributed by atoms with E-state index in [0.717, 1.165) is 23.3 Å². The largest absolute Gasteiger partial charge is 0.389 e. The van der Waals surface area contributed by atoms with Gasteiger partial charge in [-0.05, 0) is 43.2 Å². The van der Waals surface area contributed by atoms with Crippen molar-refractivity contribution < 1.29 is 19.4 Å². The molecule has 1 heterocycles. The first-order chi connectivity index (χ1) is 12.4. The Hall–Kier alpha value is -1.63. The lowest BCUT2D eigenvalue weighted by Crippen LogP contribution is -2.49. The average molecular weight is 381 g/mol. The first-order valence-electron chi connectivity index (χ1n) is 9.04. The minimum absolute atomic E-state index is 0.0202. The lowest BCUT2D eigenvalue weighted by molar-refractivity contribution is -0.134. The fourth-order valence-corrected chi connectivity index (χ4v) is 3.81. The Morgan fingerprint density at radius 1 is 1.35 bits per heavy atom. The third-order valence-electron chi connectivity index (χ3n) is 5.29. The maximum absolute atomic E-state index is 12.7. The second kappa shape index (κ2) is 7.94. The summed E-state index contributed by atoms with van der Waals surface area (Å²) < 4.78 is 5.49. The summed E-state index contributed by atoms with van der Waals surface area (Å²) in [6.45, 7) is 2.38. The lowest BCUT2D eigenvalue weighted by atomic mass is 9.77. The van der Waals surface area contributed by atoms with Gasteiger partial charge in [0.1, 0.15) is 5.54 Å². The minimum atomic E-state index is -0.940. The molecule has 1 aliphatic carbocycles. The van der Waals surface area contributed by atoms with Crippen LogP contribution in [0.2, 0.25) is 5.02 Å². The molecule has 26 heavy (non-hydrogen) atoms. The van der Waals surface area contributed by atoms with E-state index in [4.69, 9.17) is 16.3 Å². The Bertz CT molecular complexity index is 673. The number of imide groups is 1. The molecule has 1 aliphatic heterocycles. The number of carbonyl (C=O) groups excluding carboxylic acids is 2. The van der Waals surface area contributed by atoms with Gasteiger partial charge in [0.25, 0.3) is 5.91 Å². The number of nitrogens with zero attached hydrogens (tertiary/aromatic N) is 1. The molecule has 1 aromatic carbocycles. The first-order valence-corrected chi connectivity index (χ1v) is 9.42. The van der Waals surface area contributed by atoms with E-state index in [-0.39, 0.29) is 25.7 Å². The van der Waals surface area contributed by atoms with E-state index in [9.17, 15) is 14.7 Å². The van der Waals surface area contributed by atoms with E-state index in [1.165, 1.54) is 0 Å². The third kappa shape index (κ3) is 4.03. The number of nitrogens with one attached hydrogen (secondary N) is 1. The molecule has 0 bridgehead atoms. The number of aliphatic hydroxyl groups excluding tert-OH is 1. The molecule has 1 aromatic rings. The summed E-state index contributed by atoms with van der Waals surface area (Å²) >= 11 is 6.06. The first kappa shape index (κ1) is 19.1. The van der Waals surface area contributed by atoms with Gasteiger partial charge in [0.05, 0.1) is 25.9 Å². The fourth-order valence-electron chi connectivity index (χ4n) is 3.62. The normalized spacial score (nSPS) is 27.0. The smallest absolute Gasteiger partial charge is 0.325 e. The zero-order valence-corrected chi connectivity index (χ0v) is 15.7. The number of rotatable bonds is 6. The molecule has 2 fully saturated rings. The summed E-state index contributed by atoms with van der Waals surface area (Å²) in [6.07, 6.45) is 2.22. The summed E-state index contributed by atoms with van der Waals surface area (Å²) in [6, 6.07) is 6.89. The number of ether oxygens (including phenoxy) is 1. The highest BCUT2D eigenvalue weighted by atomic mass is 35.5. The summed E-state index contributed by atoms with van der Waals surface area (Å²) in [5.41, 5.74) is 0.0495.